The first-order valence-electron chi connectivity index (χ1n) is 9.15. The normalized spacial score (nSPS) is 15.3. The molecule has 0 spiro atoms. The number of fused-ring (bicyclic) bond motifs is 3. The number of hydrogen-bond acceptors (Lipinski definition) is 1. The number of aromatic nitrogens is 2. The van der Waals surface area contributed by atoms with Gasteiger partial charge in [0.05, 0.1) is 17.1 Å². The van der Waals surface area contributed by atoms with Gasteiger partial charge in [-0.2, -0.15) is 5.10 Å². The molecule has 0 saturated carbocycles. The summed E-state index contributed by atoms with van der Waals surface area (Å²) in [5.74, 6) is 0.495. The van der Waals surface area contributed by atoms with Crippen molar-refractivity contribution in [1.29, 1.82) is 0 Å². The van der Waals surface area contributed by atoms with Gasteiger partial charge in [-0.1, -0.05) is 79.7 Å². The van der Waals surface area contributed by atoms with Crippen LogP contribution >= 0.6 is 0 Å². The Bertz CT molecular complexity index is 1060. The fourth-order valence-electron chi connectivity index (χ4n) is 4.06. The van der Waals surface area contributed by atoms with Gasteiger partial charge in [0.15, 0.2) is 0 Å². The highest BCUT2D eigenvalue weighted by Gasteiger charge is 2.29. The zero-order valence-electron chi connectivity index (χ0n) is 14.8. The molecule has 4 aromatic rings. The van der Waals surface area contributed by atoms with Gasteiger partial charge in [-0.05, 0) is 30.0 Å². The van der Waals surface area contributed by atoms with E-state index in [4.69, 9.17) is 5.10 Å². The second kappa shape index (κ2) is 5.99. The van der Waals surface area contributed by atoms with Crippen molar-refractivity contribution >= 4 is 0 Å². The molecule has 1 aliphatic rings. The first-order chi connectivity index (χ1) is 12.8. The van der Waals surface area contributed by atoms with E-state index in [-0.39, 0.29) is 0 Å². The summed E-state index contributed by atoms with van der Waals surface area (Å²) in [6.45, 7) is 2.32. The molecule has 1 aliphatic carbocycles. The topological polar surface area (TPSA) is 17.8 Å². The number of benzene rings is 3. The molecule has 0 aliphatic heterocycles. The summed E-state index contributed by atoms with van der Waals surface area (Å²) in [5.41, 5.74) is 8.71. The number of para-hydroxylation sites is 1. The van der Waals surface area contributed by atoms with E-state index in [1.165, 1.54) is 27.9 Å². The summed E-state index contributed by atoms with van der Waals surface area (Å²) in [7, 11) is 0. The maximum absolute atomic E-state index is 5.08. The Kier molecular flexibility index (Phi) is 3.49. The molecule has 26 heavy (non-hydrogen) atoms. The Morgan fingerprint density at radius 1 is 0.808 bits per heavy atom. The monoisotopic (exact) mass is 336 g/mol. The van der Waals surface area contributed by atoms with E-state index >= 15 is 0 Å². The van der Waals surface area contributed by atoms with E-state index in [1.807, 2.05) is 6.07 Å². The van der Waals surface area contributed by atoms with Crippen molar-refractivity contribution in [1.82, 2.24) is 9.78 Å². The fourth-order valence-corrected chi connectivity index (χ4v) is 4.06. The zero-order chi connectivity index (χ0) is 17.5. The predicted molar refractivity (Wildman–Crippen MR) is 107 cm³/mol. The van der Waals surface area contributed by atoms with E-state index in [1.54, 1.807) is 0 Å². The molecular weight excluding hydrogens is 316 g/mol. The lowest BCUT2D eigenvalue weighted by Crippen LogP contribution is -2.10. The first-order valence-corrected chi connectivity index (χ1v) is 9.15. The van der Waals surface area contributed by atoms with Crippen LogP contribution in [0.3, 0.4) is 0 Å². The summed E-state index contributed by atoms with van der Waals surface area (Å²) in [6.07, 6.45) is 1.02. The molecule has 2 heteroatoms. The van der Waals surface area contributed by atoms with Crippen LogP contribution in [0.2, 0.25) is 0 Å². The Hall–Kier alpha value is -3.13. The average molecular weight is 336 g/mol. The molecule has 0 bridgehead atoms. The van der Waals surface area contributed by atoms with E-state index in [9.17, 15) is 0 Å². The van der Waals surface area contributed by atoms with Crippen LogP contribution in [0.1, 0.15) is 24.0 Å². The molecule has 0 saturated heterocycles. The largest absolute Gasteiger partial charge is 0.232 e. The fraction of sp³-hybridized carbons (Fsp3) is 0.125. The molecule has 0 unspecified atom stereocenters. The second-order valence-electron chi connectivity index (χ2n) is 6.98. The predicted octanol–water partition coefficient (Wildman–Crippen LogP) is 5.87. The van der Waals surface area contributed by atoms with Crippen LogP contribution in [0.25, 0.3) is 28.2 Å². The van der Waals surface area contributed by atoms with Crippen LogP contribution in [0.4, 0.5) is 0 Å². The first kappa shape index (κ1) is 15.2. The van der Waals surface area contributed by atoms with Gasteiger partial charge in [-0.3, -0.25) is 0 Å². The van der Waals surface area contributed by atoms with Gasteiger partial charge >= 0.3 is 0 Å². The van der Waals surface area contributed by atoms with Crippen LogP contribution in [0.15, 0.2) is 84.9 Å². The minimum atomic E-state index is 0.495. The summed E-state index contributed by atoms with van der Waals surface area (Å²) in [6, 6.07) is 29.8. The summed E-state index contributed by atoms with van der Waals surface area (Å²) in [5, 5.41) is 5.08. The van der Waals surface area contributed by atoms with Crippen molar-refractivity contribution in [3.05, 3.63) is 96.1 Å². The molecule has 126 valence electrons. The average Bonchev–Trinajstić information content (AvgIpc) is 3.09. The van der Waals surface area contributed by atoms with Gasteiger partial charge in [0.2, 0.25) is 0 Å². The van der Waals surface area contributed by atoms with Crippen molar-refractivity contribution in [3.8, 4) is 28.2 Å². The maximum Gasteiger partial charge on any atom is 0.0966 e. The highest BCUT2D eigenvalue weighted by molar-refractivity contribution is 5.80. The van der Waals surface area contributed by atoms with Crippen LogP contribution in [0, 0.1) is 0 Å². The third-order valence-electron chi connectivity index (χ3n) is 5.29. The Balaban J connectivity index is 1.84. The number of rotatable bonds is 2. The molecule has 1 heterocycles. The summed E-state index contributed by atoms with van der Waals surface area (Å²) < 4.78 is 2.13. The zero-order valence-corrected chi connectivity index (χ0v) is 14.8. The molecule has 5 rings (SSSR count). The second-order valence-corrected chi connectivity index (χ2v) is 6.98. The molecule has 3 aromatic carbocycles. The van der Waals surface area contributed by atoms with Gasteiger partial charge in [0.1, 0.15) is 0 Å². The van der Waals surface area contributed by atoms with Crippen LogP contribution < -0.4 is 0 Å². The highest BCUT2D eigenvalue weighted by atomic mass is 15.3. The quantitative estimate of drug-likeness (QED) is 0.448. The lowest BCUT2D eigenvalue weighted by atomic mass is 9.81. The van der Waals surface area contributed by atoms with Gasteiger partial charge in [0, 0.05) is 16.7 Å². The molecule has 0 amide bonds. The van der Waals surface area contributed by atoms with E-state index < -0.39 is 0 Å². The molecule has 0 radical (unpaired) electrons. The highest BCUT2D eigenvalue weighted by Crippen LogP contribution is 2.44. The van der Waals surface area contributed by atoms with Gasteiger partial charge in [-0.15, -0.1) is 0 Å². The van der Waals surface area contributed by atoms with Crippen molar-refractivity contribution in [3.63, 3.8) is 0 Å². The molecule has 2 nitrogen and oxygen atoms in total. The molecule has 0 N–H and O–H groups in total. The molecular formula is C24H20N2. The molecule has 1 atom stereocenters. The van der Waals surface area contributed by atoms with Crippen molar-refractivity contribution in [2.75, 3.05) is 0 Å². The van der Waals surface area contributed by atoms with Crippen LogP contribution in [-0.2, 0) is 6.42 Å². The van der Waals surface area contributed by atoms with Crippen molar-refractivity contribution in [2.24, 2.45) is 0 Å². The van der Waals surface area contributed by atoms with Crippen LogP contribution in [0.5, 0.6) is 0 Å². The standard InChI is InChI=1S/C24H20N2/c1-17-16-22-23(18-10-4-2-5-11-18)25-26(19-12-6-3-7-13-19)24(22)21-15-9-8-14-20(17)21/h2-15,17H,16H2,1H3/t17-/m0/s1. The minimum Gasteiger partial charge on any atom is -0.232 e. The Labute approximate surface area is 153 Å². The summed E-state index contributed by atoms with van der Waals surface area (Å²) >= 11 is 0. The Morgan fingerprint density at radius 2 is 1.46 bits per heavy atom. The van der Waals surface area contributed by atoms with Crippen molar-refractivity contribution < 1.29 is 0 Å². The van der Waals surface area contributed by atoms with E-state index in [0.29, 0.717) is 5.92 Å². The van der Waals surface area contributed by atoms with E-state index in [0.717, 1.165) is 17.8 Å². The van der Waals surface area contributed by atoms with E-state index in [2.05, 4.69) is 90.5 Å². The van der Waals surface area contributed by atoms with Gasteiger partial charge < -0.3 is 0 Å². The number of hydrogen-bond donors (Lipinski definition) is 0. The molecule has 0 fully saturated rings. The third kappa shape index (κ3) is 2.30. The number of nitrogens with zero attached hydrogens (tertiary/aromatic N) is 2. The van der Waals surface area contributed by atoms with Crippen molar-refractivity contribution in [2.45, 2.75) is 19.3 Å². The minimum absolute atomic E-state index is 0.495. The van der Waals surface area contributed by atoms with Gasteiger partial charge in [-0.25, -0.2) is 4.68 Å². The third-order valence-corrected chi connectivity index (χ3v) is 5.29. The Morgan fingerprint density at radius 3 is 2.23 bits per heavy atom. The van der Waals surface area contributed by atoms with Gasteiger partial charge in [0.25, 0.3) is 0 Å². The SMILES string of the molecule is C[C@H]1Cc2c(-c3ccccc3)nn(-c3ccccc3)c2-c2ccccc21. The smallest absolute Gasteiger partial charge is 0.0966 e. The lowest BCUT2D eigenvalue weighted by molar-refractivity contribution is 0.746. The molecule has 1 aromatic heterocycles. The summed E-state index contributed by atoms with van der Waals surface area (Å²) in [4.78, 5) is 0. The van der Waals surface area contributed by atoms with Crippen LogP contribution in [-0.4, -0.2) is 9.78 Å². The maximum atomic E-state index is 5.08. The lowest BCUT2D eigenvalue weighted by Gasteiger charge is -2.24.